The molecular formula is C28H22O4. The van der Waals surface area contributed by atoms with Gasteiger partial charge in [-0.05, 0) is 34.0 Å². The van der Waals surface area contributed by atoms with E-state index in [1.165, 1.54) is 0 Å². The van der Waals surface area contributed by atoms with E-state index in [4.69, 9.17) is 4.74 Å². The van der Waals surface area contributed by atoms with Gasteiger partial charge in [-0.1, -0.05) is 91.0 Å². The molecule has 32 heavy (non-hydrogen) atoms. The van der Waals surface area contributed by atoms with E-state index in [2.05, 4.69) is 0 Å². The van der Waals surface area contributed by atoms with Gasteiger partial charge in [0.25, 0.3) is 0 Å². The van der Waals surface area contributed by atoms with E-state index in [0.29, 0.717) is 5.75 Å². The Morgan fingerprint density at radius 3 is 1.72 bits per heavy atom. The predicted molar refractivity (Wildman–Crippen MR) is 123 cm³/mol. The molecule has 1 saturated carbocycles. The fourth-order valence-electron chi connectivity index (χ4n) is 4.94. The van der Waals surface area contributed by atoms with Gasteiger partial charge >= 0.3 is 11.9 Å². The van der Waals surface area contributed by atoms with Crippen molar-refractivity contribution < 1.29 is 19.4 Å². The van der Waals surface area contributed by atoms with Crippen LogP contribution in [0.15, 0.2) is 103 Å². The molecule has 0 bridgehead atoms. The fourth-order valence-corrected chi connectivity index (χ4v) is 4.94. The number of carbonyl (C=O) groups excluding carboxylic acids is 1. The standard InChI is InChI=1S/C28H22O4/c29-27(30)25-23(19-10-3-1-4-11-19)26(24(25)20-12-5-2-6-13-20)28(31)32-22-16-15-18-9-7-8-14-21(18)17-22/h1-17,23-26H,(H,29,30)/t23-,24-,25-,26+/m1/s1. The van der Waals surface area contributed by atoms with Crippen molar-refractivity contribution in [3.63, 3.8) is 0 Å². The summed E-state index contributed by atoms with van der Waals surface area (Å²) in [5.41, 5.74) is 1.68. The van der Waals surface area contributed by atoms with E-state index < -0.39 is 35.6 Å². The van der Waals surface area contributed by atoms with E-state index in [1.54, 1.807) is 6.07 Å². The van der Waals surface area contributed by atoms with Crippen LogP contribution in [0, 0.1) is 11.8 Å². The number of carbonyl (C=O) groups is 2. The largest absolute Gasteiger partial charge is 0.481 e. The predicted octanol–water partition coefficient (Wildman–Crippen LogP) is 5.64. The minimum atomic E-state index is -0.900. The molecule has 1 fully saturated rings. The molecule has 0 aromatic heterocycles. The molecule has 0 amide bonds. The van der Waals surface area contributed by atoms with Gasteiger partial charge in [-0.3, -0.25) is 9.59 Å². The fraction of sp³-hybridized carbons (Fsp3) is 0.143. The lowest BCUT2D eigenvalue weighted by Gasteiger charge is -2.48. The van der Waals surface area contributed by atoms with Crippen molar-refractivity contribution in [2.75, 3.05) is 0 Å². The lowest BCUT2D eigenvalue weighted by atomic mass is 9.52. The number of hydrogen-bond donors (Lipinski definition) is 1. The molecule has 1 N–H and O–H groups in total. The monoisotopic (exact) mass is 422 g/mol. The molecule has 4 nitrogen and oxygen atoms in total. The molecule has 4 aromatic rings. The minimum absolute atomic E-state index is 0.402. The second-order valence-corrected chi connectivity index (χ2v) is 8.19. The number of rotatable bonds is 5. The highest BCUT2D eigenvalue weighted by atomic mass is 16.5. The topological polar surface area (TPSA) is 63.6 Å². The summed E-state index contributed by atoms with van der Waals surface area (Å²) in [4.78, 5) is 25.7. The Balaban J connectivity index is 1.52. The van der Waals surface area contributed by atoms with Crippen LogP contribution < -0.4 is 4.74 Å². The first-order chi connectivity index (χ1) is 15.6. The Labute approximate surface area is 186 Å². The van der Waals surface area contributed by atoms with Gasteiger partial charge in [0.05, 0.1) is 11.8 Å². The normalized spacial score (nSPS) is 22.1. The zero-order chi connectivity index (χ0) is 22.1. The van der Waals surface area contributed by atoms with E-state index in [9.17, 15) is 14.7 Å². The van der Waals surface area contributed by atoms with Crippen LogP contribution in [-0.4, -0.2) is 17.0 Å². The summed E-state index contributed by atoms with van der Waals surface area (Å²) in [5.74, 6) is -3.03. The molecule has 1 aliphatic rings. The van der Waals surface area contributed by atoms with Gasteiger partial charge in [-0.15, -0.1) is 0 Å². The number of aliphatic carboxylic acids is 1. The van der Waals surface area contributed by atoms with E-state index in [1.807, 2.05) is 97.1 Å². The van der Waals surface area contributed by atoms with Crippen molar-refractivity contribution in [2.24, 2.45) is 11.8 Å². The number of carboxylic acid groups (broad SMARTS) is 1. The summed E-state index contributed by atoms with van der Waals surface area (Å²) < 4.78 is 5.83. The molecular weight excluding hydrogens is 400 g/mol. The SMILES string of the molecule is O=C(O)[C@H]1[C@@H](c2ccccc2)[C@@H](C(=O)Oc2ccc3ccccc3c2)[C@@H]1c1ccccc1. The molecule has 0 radical (unpaired) electrons. The molecule has 158 valence electrons. The van der Waals surface area contributed by atoms with Gasteiger partial charge in [0.1, 0.15) is 5.75 Å². The van der Waals surface area contributed by atoms with Crippen LogP contribution in [0.4, 0.5) is 0 Å². The van der Waals surface area contributed by atoms with Crippen LogP contribution in [0.2, 0.25) is 0 Å². The summed E-state index contributed by atoms with van der Waals surface area (Å²) >= 11 is 0. The molecule has 4 heteroatoms. The zero-order valence-corrected chi connectivity index (χ0v) is 17.3. The second kappa shape index (κ2) is 8.31. The van der Waals surface area contributed by atoms with Gasteiger partial charge in [-0.25, -0.2) is 0 Å². The van der Waals surface area contributed by atoms with Gasteiger partial charge < -0.3 is 9.84 Å². The van der Waals surface area contributed by atoms with E-state index in [0.717, 1.165) is 21.9 Å². The average Bonchev–Trinajstić information content (AvgIpc) is 2.79. The molecule has 5 rings (SSSR count). The molecule has 0 aliphatic heterocycles. The smallest absolute Gasteiger partial charge is 0.315 e. The number of ether oxygens (including phenoxy) is 1. The Hall–Kier alpha value is -3.92. The summed E-state index contributed by atoms with van der Waals surface area (Å²) in [6, 6.07) is 32.2. The third kappa shape index (κ3) is 3.54. The van der Waals surface area contributed by atoms with E-state index >= 15 is 0 Å². The average molecular weight is 422 g/mol. The Kier molecular flexibility index (Phi) is 5.20. The van der Waals surface area contributed by atoms with Crippen LogP contribution in [0.25, 0.3) is 10.8 Å². The first-order valence-corrected chi connectivity index (χ1v) is 10.7. The van der Waals surface area contributed by atoms with Gasteiger partial charge in [0, 0.05) is 11.8 Å². The molecule has 1 aliphatic carbocycles. The minimum Gasteiger partial charge on any atom is -0.481 e. The van der Waals surface area contributed by atoms with E-state index in [-0.39, 0.29) is 0 Å². The number of esters is 1. The third-order valence-corrected chi connectivity index (χ3v) is 6.41. The van der Waals surface area contributed by atoms with Crippen LogP contribution in [0.5, 0.6) is 5.75 Å². The number of carboxylic acids is 1. The highest BCUT2D eigenvalue weighted by molar-refractivity contribution is 5.87. The maximum absolute atomic E-state index is 13.5. The zero-order valence-electron chi connectivity index (χ0n) is 17.3. The summed E-state index contributed by atoms with van der Waals surface area (Å²) in [6.07, 6.45) is 0. The van der Waals surface area contributed by atoms with Crippen LogP contribution in [-0.2, 0) is 9.59 Å². The Morgan fingerprint density at radius 2 is 1.16 bits per heavy atom. The van der Waals surface area contributed by atoms with Crippen molar-refractivity contribution in [1.29, 1.82) is 0 Å². The molecule has 0 unspecified atom stereocenters. The second-order valence-electron chi connectivity index (χ2n) is 8.19. The van der Waals surface area contributed by atoms with Gasteiger partial charge in [0.15, 0.2) is 0 Å². The summed E-state index contributed by atoms with van der Waals surface area (Å²) in [7, 11) is 0. The molecule has 2 atom stereocenters. The highest BCUT2D eigenvalue weighted by Gasteiger charge is 2.59. The van der Waals surface area contributed by atoms with Gasteiger partial charge in [-0.2, -0.15) is 0 Å². The lowest BCUT2D eigenvalue weighted by molar-refractivity contribution is -0.158. The summed E-state index contributed by atoms with van der Waals surface area (Å²) in [6.45, 7) is 0. The maximum Gasteiger partial charge on any atom is 0.315 e. The third-order valence-electron chi connectivity index (χ3n) is 6.41. The van der Waals surface area contributed by atoms with Crippen molar-refractivity contribution in [3.8, 4) is 5.75 Å². The maximum atomic E-state index is 13.5. The van der Waals surface area contributed by atoms with Crippen LogP contribution in [0.1, 0.15) is 23.0 Å². The molecule has 4 aromatic carbocycles. The number of hydrogen-bond acceptors (Lipinski definition) is 3. The number of fused-ring (bicyclic) bond motifs is 1. The van der Waals surface area contributed by atoms with Crippen molar-refractivity contribution in [2.45, 2.75) is 11.8 Å². The molecule has 0 saturated heterocycles. The van der Waals surface area contributed by atoms with Gasteiger partial charge in [0.2, 0.25) is 0 Å². The summed E-state index contributed by atoms with van der Waals surface area (Å²) in [5, 5.41) is 12.1. The number of benzene rings is 4. The quantitative estimate of drug-likeness (QED) is 0.334. The Bertz CT molecular complexity index is 1220. The molecule has 0 spiro atoms. The highest BCUT2D eigenvalue weighted by Crippen LogP contribution is 2.58. The van der Waals surface area contributed by atoms with Crippen LogP contribution in [0.3, 0.4) is 0 Å². The van der Waals surface area contributed by atoms with Crippen molar-refractivity contribution >= 4 is 22.7 Å². The van der Waals surface area contributed by atoms with Crippen LogP contribution >= 0.6 is 0 Å². The lowest BCUT2D eigenvalue weighted by Crippen LogP contribution is -2.52. The Morgan fingerprint density at radius 1 is 0.625 bits per heavy atom. The van der Waals surface area contributed by atoms with Crippen molar-refractivity contribution in [3.05, 3.63) is 114 Å². The first-order valence-electron chi connectivity index (χ1n) is 10.7. The molecule has 0 heterocycles. The van der Waals surface area contributed by atoms with Crippen molar-refractivity contribution in [1.82, 2.24) is 0 Å². The first kappa shape index (κ1) is 20.0.